The number of nitrogens with one attached hydrogen (secondary N) is 1. The zero-order valence-electron chi connectivity index (χ0n) is 30.9. The minimum atomic E-state index is -4.70. The molecule has 3 amide bonds. The number of aromatic nitrogens is 1. The summed E-state index contributed by atoms with van der Waals surface area (Å²) in [5, 5.41) is 12.9. The van der Waals surface area contributed by atoms with Gasteiger partial charge in [-0.2, -0.15) is 9.57 Å². The van der Waals surface area contributed by atoms with Crippen LogP contribution in [0.1, 0.15) is 43.4 Å². The van der Waals surface area contributed by atoms with Crippen LogP contribution in [0.2, 0.25) is 0 Å². The number of fused-ring (bicyclic) bond motifs is 1. The van der Waals surface area contributed by atoms with Gasteiger partial charge in [-0.3, -0.25) is 14.6 Å². The molecule has 0 bridgehead atoms. The molecular formula is C38H45N7O8S. The van der Waals surface area contributed by atoms with Crippen molar-refractivity contribution in [2.75, 3.05) is 71.1 Å². The van der Waals surface area contributed by atoms with Crippen LogP contribution in [0.3, 0.4) is 0 Å². The molecule has 5 heterocycles. The molecule has 0 unspecified atom stereocenters. The summed E-state index contributed by atoms with van der Waals surface area (Å²) in [5.41, 5.74) is -1.83. The molecule has 3 saturated heterocycles. The molecule has 0 spiro atoms. The van der Waals surface area contributed by atoms with E-state index in [2.05, 4.69) is 33.1 Å². The lowest BCUT2D eigenvalue weighted by molar-refractivity contribution is -0.121. The Labute approximate surface area is 315 Å². The van der Waals surface area contributed by atoms with E-state index in [1.165, 1.54) is 56.8 Å². The van der Waals surface area contributed by atoms with Crippen molar-refractivity contribution in [2.24, 2.45) is 0 Å². The highest BCUT2D eigenvalue weighted by Gasteiger charge is 2.59. The first-order chi connectivity index (χ1) is 26.1. The van der Waals surface area contributed by atoms with Gasteiger partial charge in [0.2, 0.25) is 5.88 Å². The highest BCUT2D eigenvalue weighted by molar-refractivity contribution is 7.93. The Balaban J connectivity index is 1.22. The number of piperidine rings is 1. The normalized spacial score (nSPS) is 20.9. The minimum absolute atomic E-state index is 0.0298. The molecule has 286 valence electrons. The van der Waals surface area contributed by atoms with Crippen molar-refractivity contribution in [2.45, 2.75) is 55.2 Å². The third-order valence-corrected chi connectivity index (χ3v) is 12.7. The first kappa shape index (κ1) is 37.4. The molecule has 3 fully saturated rings. The van der Waals surface area contributed by atoms with Gasteiger partial charge in [0, 0.05) is 56.1 Å². The van der Waals surface area contributed by atoms with Gasteiger partial charge in [-0.25, -0.2) is 18.2 Å². The summed E-state index contributed by atoms with van der Waals surface area (Å²) in [5.74, 6) is -0.670. The number of sulfonamides is 1. The predicted octanol–water partition coefficient (Wildman–Crippen LogP) is 2.93. The molecule has 2 aromatic carbocycles. The Hall–Kier alpha value is -4.95. The summed E-state index contributed by atoms with van der Waals surface area (Å²) in [7, 11) is -1.95. The van der Waals surface area contributed by atoms with Gasteiger partial charge in [-0.05, 0) is 68.8 Å². The smallest absolute Gasteiger partial charge is 0.318 e. The van der Waals surface area contributed by atoms with Crippen LogP contribution in [0, 0.1) is 11.3 Å². The number of carbonyl (C=O) groups excluding carboxylic acids is 2. The van der Waals surface area contributed by atoms with Crippen molar-refractivity contribution in [1.82, 2.24) is 25.0 Å². The molecule has 0 aliphatic carbocycles. The molecule has 0 radical (unpaired) electrons. The molecule has 0 saturated carbocycles. The van der Waals surface area contributed by atoms with E-state index < -0.39 is 27.5 Å². The van der Waals surface area contributed by atoms with Crippen LogP contribution in [-0.4, -0.2) is 125 Å². The maximum Gasteiger partial charge on any atom is 0.318 e. The lowest BCUT2D eigenvalue weighted by Gasteiger charge is -2.50. The summed E-state index contributed by atoms with van der Waals surface area (Å²) >= 11 is 0. The van der Waals surface area contributed by atoms with Crippen LogP contribution < -0.4 is 23.8 Å². The zero-order chi connectivity index (χ0) is 38.2. The number of nitriles is 1. The molecule has 7 rings (SSSR count). The quantitative estimate of drug-likeness (QED) is 0.287. The number of carbonyl (C=O) groups is 2. The fourth-order valence-electron chi connectivity index (χ4n) is 8.06. The van der Waals surface area contributed by atoms with Gasteiger partial charge in [0.25, 0.3) is 15.9 Å². The number of hydrogen-bond donors (Lipinski definition) is 1. The van der Waals surface area contributed by atoms with Gasteiger partial charge in [0.1, 0.15) is 16.4 Å². The van der Waals surface area contributed by atoms with E-state index in [1.807, 2.05) is 0 Å². The summed E-state index contributed by atoms with van der Waals surface area (Å²) in [6.45, 7) is 9.37. The van der Waals surface area contributed by atoms with Crippen molar-refractivity contribution in [3.05, 3.63) is 71.4 Å². The summed E-state index contributed by atoms with van der Waals surface area (Å²) in [4.78, 5) is 40.2. The third kappa shape index (κ3) is 6.28. The molecular weight excluding hydrogens is 715 g/mol. The number of likely N-dealkylation sites (N-methyl/N-ethyl adjacent to an activating group) is 1. The van der Waals surface area contributed by atoms with Crippen LogP contribution in [0.25, 0.3) is 0 Å². The van der Waals surface area contributed by atoms with Gasteiger partial charge in [0.05, 0.1) is 63.0 Å². The van der Waals surface area contributed by atoms with Crippen LogP contribution in [0.15, 0.2) is 59.6 Å². The second-order valence-electron chi connectivity index (χ2n) is 13.8. The monoisotopic (exact) mass is 759 g/mol. The molecule has 15 nitrogen and oxygen atoms in total. The lowest BCUT2D eigenvalue weighted by atomic mass is 9.83. The zero-order valence-corrected chi connectivity index (χ0v) is 31.7. The van der Waals surface area contributed by atoms with E-state index >= 15 is 4.79 Å². The summed E-state index contributed by atoms with van der Waals surface area (Å²) in [6, 6.07) is 14.2. The topological polar surface area (TPSA) is 167 Å². The highest BCUT2D eigenvalue weighted by Crippen LogP contribution is 2.50. The van der Waals surface area contributed by atoms with E-state index in [1.54, 1.807) is 24.0 Å². The number of pyridine rings is 1. The predicted molar refractivity (Wildman–Crippen MR) is 197 cm³/mol. The van der Waals surface area contributed by atoms with Crippen molar-refractivity contribution < 1.29 is 37.0 Å². The summed E-state index contributed by atoms with van der Waals surface area (Å²) in [6.07, 6.45) is 3.55. The maximum absolute atomic E-state index is 15.2. The summed E-state index contributed by atoms with van der Waals surface area (Å²) < 4.78 is 52.0. The van der Waals surface area contributed by atoms with Crippen LogP contribution in [-0.2, 0) is 25.1 Å². The van der Waals surface area contributed by atoms with Gasteiger partial charge >= 0.3 is 6.03 Å². The first-order valence-corrected chi connectivity index (χ1v) is 19.6. The Morgan fingerprint density at radius 1 is 1.06 bits per heavy atom. The number of rotatable bonds is 12. The molecule has 4 aliphatic heterocycles. The van der Waals surface area contributed by atoms with Crippen LogP contribution in [0.5, 0.6) is 17.4 Å². The van der Waals surface area contributed by atoms with Crippen LogP contribution in [0.4, 0.5) is 10.5 Å². The van der Waals surface area contributed by atoms with Gasteiger partial charge in [-0.15, -0.1) is 0 Å². The number of benzene rings is 2. The molecule has 4 aliphatic rings. The number of nitrogens with zero attached hydrogens (tertiary/aromatic N) is 6. The van der Waals surface area contributed by atoms with Gasteiger partial charge in [-0.1, -0.05) is 6.92 Å². The standard InChI is InChI=1S/C38H45N7O8S/c1-5-44(28-23-52-24-28)26-13-16-42(17-14-26)27-21-43(22-27)37(47)41-38(30-8-7-15-40-35(30)53-6-2)31-18-25(20-39)9-11-32(31)45(36(38)46)54(48,49)34-12-10-29(50-3)19-33(34)51-4/h7-12,15,18-19,26-28H,5-6,13-14,16-17,21-24H2,1-4H3,(H,41,47)/t38-/m1/s1. The molecule has 54 heavy (non-hydrogen) atoms. The van der Waals surface area contributed by atoms with Crippen molar-refractivity contribution in [3.8, 4) is 23.4 Å². The lowest BCUT2D eigenvalue weighted by Crippen LogP contribution is -2.67. The largest absolute Gasteiger partial charge is 0.497 e. The fraction of sp³-hybridized carbons (Fsp3) is 0.474. The maximum atomic E-state index is 15.2. The second-order valence-corrected chi connectivity index (χ2v) is 15.5. The average molecular weight is 760 g/mol. The molecule has 16 heteroatoms. The Bertz CT molecular complexity index is 2060. The van der Waals surface area contributed by atoms with Crippen molar-refractivity contribution in [1.29, 1.82) is 5.26 Å². The number of likely N-dealkylation sites (tertiary alicyclic amines) is 2. The molecule has 3 aromatic rings. The fourth-order valence-corrected chi connectivity index (χ4v) is 9.67. The molecule has 1 atom stereocenters. The van der Waals surface area contributed by atoms with Gasteiger partial charge in [0.15, 0.2) is 5.54 Å². The third-order valence-electron chi connectivity index (χ3n) is 11.0. The molecule has 1 N–H and O–H groups in total. The number of hydrogen-bond acceptors (Lipinski definition) is 12. The van der Waals surface area contributed by atoms with E-state index in [-0.39, 0.29) is 51.6 Å². The minimum Gasteiger partial charge on any atom is -0.497 e. The Morgan fingerprint density at radius 3 is 2.44 bits per heavy atom. The first-order valence-electron chi connectivity index (χ1n) is 18.2. The van der Waals surface area contributed by atoms with Gasteiger partial charge < -0.3 is 29.2 Å². The average Bonchev–Trinajstić information content (AvgIpc) is 3.39. The number of anilines is 1. The number of amides is 3. The highest BCUT2D eigenvalue weighted by atomic mass is 32.2. The van der Waals surface area contributed by atoms with Crippen LogP contribution >= 0.6 is 0 Å². The SMILES string of the molecule is CCOc1ncccc1[C@]1(NC(=O)N2CC(N3CCC(N(CC)C4COC4)CC3)C2)C(=O)N(S(=O)(=O)c2ccc(OC)cc2OC)c2ccc(C#N)cc21. The van der Waals surface area contributed by atoms with E-state index in [0.29, 0.717) is 35.2 Å². The van der Waals surface area contributed by atoms with E-state index in [4.69, 9.17) is 18.9 Å². The van der Waals surface area contributed by atoms with Crippen molar-refractivity contribution in [3.63, 3.8) is 0 Å². The second kappa shape index (κ2) is 15.1. The Morgan fingerprint density at radius 2 is 1.81 bits per heavy atom. The number of ether oxygens (including phenoxy) is 4. The van der Waals surface area contributed by atoms with E-state index in [0.717, 1.165) is 45.7 Å². The Kier molecular flexibility index (Phi) is 10.4. The van der Waals surface area contributed by atoms with Crippen molar-refractivity contribution >= 4 is 27.6 Å². The molecule has 1 aromatic heterocycles. The number of urea groups is 1. The van der Waals surface area contributed by atoms with E-state index in [9.17, 15) is 18.5 Å². The number of methoxy groups -OCH3 is 2.